The lowest BCUT2D eigenvalue weighted by Gasteiger charge is -2.23. The summed E-state index contributed by atoms with van der Waals surface area (Å²) in [5, 5.41) is 3.23. The fourth-order valence-corrected chi connectivity index (χ4v) is 3.58. The van der Waals surface area contributed by atoms with Gasteiger partial charge in [-0.2, -0.15) is 0 Å². The maximum Gasteiger partial charge on any atom is 0.246 e. The van der Waals surface area contributed by atoms with E-state index in [1.54, 1.807) is 14.2 Å². The van der Waals surface area contributed by atoms with Crippen LogP contribution in [0.5, 0.6) is 0 Å². The van der Waals surface area contributed by atoms with E-state index in [0.717, 1.165) is 50.7 Å². The molecule has 24 heavy (non-hydrogen) atoms. The second-order valence-electron chi connectivity index (χ2n) is 6.38. The fraction of sp³-hybridized carbons (Fsp3) is 0.556. The van der Waals surface area contributed by atoms with E-state index in [-0.39, 0.29) is 12.5 Å². The Kier molecular flexibility index (Phi) is 5.35. The van der Waals surface area contributed by atoms with Gasteiger partial charge in [0.2, 0.25) is 5.91 Å². The van der Waals surface area contributed by atoms with Gasteiger partial charge in [0.15, 0.2) is 5.96 Å². The maximum atomic E-state index is 12.6. The van der Waals surface area contributed by atoms with Crippen molar-refractivity contribution in [2.24, 2.45) is 10.9 Å². The molecule has 2 heterocycles. The molecule has 3 rings (SSSR count). The topological polar surface area (TPSA) is 57.2 Å². The molecule has 1 saturated heterocycles. The summed E-state index contributed by atoms with van der Waals surface area (Å²) >= 11 is 0. The van der Waals surface area contributed by atoms with Crippen LogP contribution in [0.2, 0.25) is 0 Å². The summed E-state index contributed by atoms with van der Waals surface area (Å²) in [5.74, 6) is 1.43. The molecule has 130 valence electrons. The van der Waals surface area contributed by atoms with E-state index in [9.17, 15) is 4.79 Å². The first-order valence-electron chi connectivity index (χ1n) is 8.55. The monoisotopic (exact) mass is 330 g/mol. The quantitative estimate of drug-likeness (QED) is 0.664. The van der Waals surface area contributed by atoms with Crippen molar-refractivity contribution in [3.05, 3.63) is 29.8 Å². The van der Waals surface area contributed by atoms with Crippen molar-refractivity contribution in [3.63, 3.8) is 0 Å². The normalized spacial score (nSPS) is 20.4. The first kappa shape index (κ1) is 16.8. The third-order valence-corrected chi connectivity index (χ3v) is 4.79. The van der Waals surface area contributed by atoms with Crippen molar-refractivity contribution in [3.8, 4) is 0 Å². The van der Waals surface area contributed by atoms with Crippen molar-refractivity contribution in [2.45, 2.75) is 12.8 Å². The van der Waals surface area contributed by atoms with Crippen LogP contribution < -0.4 is 10.2 Å². The average molecular weight is 330 g/mol. The molecule has 1 aromatic carbocycles. The van der Waals surface area contributed by atoms with Gasteiger partial charge in [-0.05, 0) is 24.5 Å². The highest BCUT2D eigenvalue weighted by atomic mass is 16.5. The number of carbonyl (C=O) groups excluding carboxylic acids is 1. The number of benzene rings is 1. The Morgan fingerprint density at radius 2 is 2.21 bits per heavy atom. The van der Waals surface area contributed by atoms with E-state index in [1.807, 2.05) is 23.1 Å². The maximum absolute atomic E-state index is 12.6. The molecule has 0 bridgehead atoms. The Labute approximate surface area is 143 Å². The Bertz CT molecular complexity index is 617. The van der Waals surface area contributed by atoms with Crippen molar-refractivity contribution in [2.75, 3.05) is 51.8 Å². The van der Waals surface area contributed by atoms with Crippen molar-refractivity contribution < 1.29 is 9.53 Å². The fourth-order valence-electron chi connectivity index (χ4n) is 3.58. The zero-order valence-corrected chi connectivity index (χ0v) is 14.5. The molecule has 0 saturated carbocycles. The van der Waals surface area contributed by atoms with Crippen LogP contribution in [0.15, 0.2) is 29.3 Å². The summed E-state index contributed by atoms with van der Waals surface area (Å²) < 4.78 is 5.24. The number of fused-ring (bicyclic) bond motifs is 1. The number of rotatable bonds is 4. The van der Waals surface area contributed by atoms with Crippen LogP contribution in [0, 0.1) is 5.92 Å². The van der Waals surface area contributed by atoms with Gasteiger partial charge in [0, 0.05) is 45.4 Å². The van der Waals surface area contributed by atoms with Gasteiger partial charge in [0.05, 0.1) is 13.2 Å². The molecule has 1 amide bonds. The van der Waals surface area contributed by atoms with E-state index in [2.05, 4.69) is 21.3 Å². The predicted molar refractivity (Wildman–Crippen MR) is 95.4 cm³/mol. The van der Waals surface area contributed by atoms with E-state index in [1.165, 1.54) is 5.56 Å². The van der Waals surface area contributed by atoms with Gasteiger partial charge in [0.25, 0.3) is 0 Å². The smallest absolute Gasteiger partial charge is 0.246 e. The first-order valence-corrected chi connectivity index (χ1v) is 8.55. The molecular formula is C18H26N4O2. The Hall–Kier alpha value is -2.08. The second kappa shape index (κ2) is 7.66. The zero-order chi connectivity index (χ0) is 16.9. The van der Waals surface area contributed by atoms with Gasteiger partial charge in [-0.1, -0.05) is 18.2 Å². The van der Waals surface area contributed by atoms with Gasteiger partial charge in [0.1, 0.15) is 0 Å². The lowest BCUT2D eigenvalue weighted by molar-refractivity contribution is -0.117. The number of carbonyl (C=O) groups is 1. The van der Waals surface area contributed by atoms with Gasteiger partial charge in [-0.25, -0.2) is 0 Å². The number of para-hydroxylation sites is 1. The molecule has 6 nitrogen and oxygen atoms in total. The average Bonchev–Trinajstić information content (AvgIpc) is 3.23. The summed E-state index contributed by atoms with van der Waals surface area (Å²) in [4.78, 5) is 21.0. The van der Waals surface area contributed by atoms with Crippen LogP contribution >= 0.6 is 0 Å². The SMILES string of the molecule is CN=C(NCC(=O)N1CCc2ccccc21)N1CCC(COC)C1. The molecule has 1 atom stereocenters. The van der Waals surface area contributed by atoms with E-state index >= 15 is 0 Å². The molecule has 2 aliphatic heterocycles. The van der Waals surface area contributed by atoms with Crippen LogP contribution in [-0.4, -0.2) is 63.7 Å². The number of hydrogen-bond donors (Lipinski definition) is 1. The van der Waals surface area contributed by atoms with Crippen molar-refractivity contribution in [1.82, 2.24) is 10.2 Å². The lowest BCUT2D eigenvalue weighted by Crippen LogP contribution is -2.45. The molecular weight excluding hydrogens is 304 g/mol. The number of likely N-dealkylation sites (tertiary alicyclic amines) is 1. The molecule has 1 N–H and O–H groups in total. The van der Waals surface area contributed by atoms with Crippen LogP contribution in [0.3, 0.4) is 0 Å². The summed E-state index contributed by atoms with van der Waals surface area (Å²) in [6.45, 7) is 3.68. The number of guanidine groups is 1. The molecule has 1 aromatic rings. The molecule has 0 spiro atoms. The summed E-state index contributed by atoms with van der Waals surface area (Å²) in [6, 6.07) is 8.12. The number of nitrogens with zero attached hydrogens (tertiary/aromatic N) is 3. The highest BCUT2D eigenvalue weighted by molar-refractivity contribution is 5.98. The van der Waals surface area contributed by atoms with Crippen LogP contribution in [0.4, 0.5) is 5.69 Å². The van der Waals surface area contributed by atoms with Crippen molar-refractivity contribution in [1.29, 1.82) is 0 Å². The van der Waals surface area contributed by atoms with Gasteiger partial charge < -0.3 is 19.9 Å². The van der Waals surface area contributed by atoms with E-state index in [0.29, 0.717) is 5.92 Å². The molecule has 0 radical (unpaired) electrons. The molecule has 0 aromatic heterocycles. The lowest BCUT2D eigenvalue weighted by atomic mass is 10.1. The van der Waals surface area contributed by atoms with Crippen molar-refractivity contribution >= 4 is 17.6 Å². The number of aliphatic imine (C=N–C) groups is 1. The van der Waals surface area contributed by atoms with E-state index < -0.39 is 0 Å². The van der Waals surface area contributed by atoms with Gasteiger partial charge >= 0.3 is 0 Å². The Morgan fingerprint density at radius 3 is 3.00 bits per heavy atom. The largest absolute Gasteiger partial charge is 0.384 e. The first-order chi connectivity index (χ1) is 11.7. The standard InChI is InChI=1S/C18H26N4O2/c1-19-18(21-9-7-14(12-21)13-24-2)20-11-17(23)22-10-8-15-5-3-4-6-16(15)22/h3-6,14H,7-13H2,1-2H3,(H,19,20). The van der Waals surface area contributed by atoms with Crippen LogP contribution in [0.1, 0.15) is 12.0 Å². The number of nitrogens with one attached hydrogen (secondary N) is 1. The Morgan fingerprint density at radius 1 is 1.38 bits per heavy atom. The predicted octanol–water partition coefficient (Wildman–Crippen LogP) is 1.12. The number of hydrogen-bond acceptors (Lipinski definition) is 3. The number of amides is 1. The molecule has 1 fully saturated rings. The zero-order valence-electron chi connectivity index (χ0n) is 14.5. The van der Waals surface area contributed by atoms with Crippen LogP contribution in [-0.2, 0) is 16.0 Å². The highest BCUT2D eigenvalue weighted by Gasteiger charge is 2.27. The molecule has 2 aliphatic rings. The van der Waals surface area contributed by atoms with E-state index in [4.69, 9.17) is 4.74 Å². The second-order valence-corrected chi connectivity index (χ2v) is 6.38. The minimum Gasteiger partial charge on any atom is -0.384 e. The third-order valence-electron chi connectivity index (χ3n) is 4.79. The van der Waals surface area contributed by atoms with Gasteiger partial charge in [-0.3, -0.25) is 9.79 Å². The summed E-state index contributed by atoms with van der Waals surface area (Å²) in [7, 11) is 3.50. The molecule has 1 unspecified atom stereocenters. The molecule has 0 aliphatic carbocycles. The number of methoxy groups -OCH3 is 1. The number of ether oxygens (including phenoxy) is 1. The third kappa shape index (κ3) is 3.53. The van der Waals surface area contributed by atoms with Crippen LogP contribution in [0.25, 0.3) is 0 Å². The minimum atomic E-state index is 0.0914. The Balaban J connectivity index is 1.54. The molecule has 6 heteroatoms. The highest BCUT2D eigenvalue weighted by Crippen LogP contribution is 2.27. The summed E-state index contributed by atoms with van der Waals surface area (Å²) in [6.07, 6.45) is 2.03. The minimum absolute atomic E-state index is 0.0914. The van der Waals surface area contributed by atoms with Gasteiger partial charge in [-0.15, -0.1) is 0 Å². The summed E-state index contributed by atoms with van der Waals surface area (Å²) in [5.41, 5.74) is 2.29. The number of anilines is 1.